The van der Waals surface area contributed by atoms with Crippen molar-refractivity contribution in [2.75, 3.05) is 0 Å². The molecule has 0 unspecified atom stereocenters. The van der Waals surface area contributed by atoms with E-state index in [-0.39, 0.29) is 6.42 Å². The van der Waals surface area contributed by atoms with Gasteiger partial charge in [-0.3, -0.25) is 4.79 Å². The Balaban J connectivity index is 2.45. The van der Waals surface area contributed by atoms with E-state index in [1.54, 1.807) is 6.07 Å². The minimum Gasteiger partial charge on any atom is -0.360 e. The molecule has 0 spiro atoms. The second-order valence-electron chi connectivity index (χ2n) is 1.97. The zero-order valence-electron chi connectivity index (χ0n) is 5.51. The molecule has 0 saturated carbocycles. The molecule has 60 valence electrons. The minimum absolute atomic E-state index is 0.243. The molecular formula is C6H5Cl2NO2. The predicted octanol–water partition coefficient (Wildman–Crippen LogP) is 2.03. The number of hydrogen-bond acceptors (Lipinski definition) is 3. The third kappa shape index (κ3) is 2.91. The van der Waals surface area contributed by atoms with Crippen LogP contribution in [0.25, 0.3) is 0 Å². The Bertz CT molecular complexity index is 259. The van der Waals surface area contributed by atoms with Crippen LogP contribution in [0.4, 0.5) is 0 Å². The van der Waals surface area contributed by atoms with Crippen LogP contribution in [0.5, 0.6) is 0 Å². The maximum atomic E-state index is 10.3. The van der Waals surface area contributed by atoms with Crippen molar-refractivity contribution in [2.24, 2.45) is 0 Å². The summed E-state index contributed by atoms with van der Waals surface area (Å²) >= 11 is 10.6. The van der Waals surface area contributed by atoms with E-state index in [9.17, 15) is 4.79 Å². The van der Waals surface area contributed by atoms with E-state index in [1.165, 1.54) is 0 Å². The number of aryl methyl sites for hydroxylation is 1. The first-order valence-corrected chi connectivity index (χ1v) is 3.73. The molecule has 0 aliphatic carbocycles. The third-order valence-electron chi connectivity index (χ3n) is 1.10. The highest BCUT2D eigenvalue weighted by Crippen LogP contribution is 2.10. The lowest BCUT2D eigenvalue weighted by Crippen LogP contribution is -1.88. The van der Waals surface area contributed by atoms with E-state index in [4.69, 9.17) is 27.7 Å². The van der Waals surface area contributed by atoms with Gasteiger partial charge in [-0.25, -0.2) is 0 Å². The normalized spacial score (nSPS) is 10.0. The highest BCUT2D eigenvalue weighted by atomic mass is 35.5. The van der Waals surface area contributed by atoms with Crippen molar-refractivity contribution in [3.63, 3.8) is 0 Å². The minimum atomic E-state index is -0.391. The van der Waals surface area contributed by atoms with E-state index in [1.807, 2.05) is 0 Å². The highest BCUT2D eigenvalue weighted by Gasteiger charge is 2.03. The van der Waals surface area contributed by atoms with Gasteiger partial charge in [0.05, 0.1) is 0 Å². The molecule has 0 saturated heterocycles. The lowest BCUT2D eigenvalue weighted by Gasteiger charge is -1.86. The first-order chi connectivity index (χ1) is 5.18. The number of halogens is 2. The van der Waals surface area contributed by atoms with Gasteiger partial charge in [0.2, 0.25) is 5.24 Å². The average Bonchev–Trinajstić information content (AvgIpc) is 2.31. The van der Waals surface area contributed by atoms with Gasteiger partial charge < -0.3 is 4.52 Å². The molecule has 1 aromatic rings. The van der Waals surface area contributed by atoms with Crippen LogP contribution >= 0.6 is 23.2 Å². The van der Waals surface area contributed by atoms with Gasteiger partial charge in [0.25, 0.3) is 0 Å². The average molecular weight is 194 g/mol. The molecule has 0 bridgehead atoms. The quantitative estimate of drug-likeness (QED) is 0.691. The molecule has 1 aromatic heterocycles. The Morgan fingerprint density at radius 3 is 2.91 bits per heavy atom. The molecule has 3 nitrogen and oxygen atoms in total. The molecule has 0 atom stereocenters. The number of carbonyl (C=O) groups excluding carboxylic acids is 1. The van der Waals surface area contributed by atoms with Crippen LogP contribution in [0.1, 0.15) is 12.2 Å². The first-order valence-electron chi connectivity index (χ1n) is 2.98. The molecule has 0 aromatic carbocycles. The third-order valence-corrected chi connectivity index (χ3v) is 1.47. The van der Waals surface area contributed by atoms with E-state index >= 15 is 0 Å². The summed E-state index contributed by atoms with van der Waals surface area (Å²) in [6, 6.07) is 1.56. The van der Waals surface area contributed by atoms with Gasteiger partial charge in [0.1, 0.15) is 5.76 Å². The molecule has 5 heteroatoms. The van der Waals surface area contributed by atoms with E-state index in [0.29, 0.717) is 17.3 Å². The van der Waals surface area contributed by atoms with Gasteiger partial charge in [-0.1, -0.05) is 16.8 Å². The summed E-state index contributed by atoms with van der Waals surface area (Å²) in [7, 11) is 0. The highest BCUT2D eigenvalue weighted by molar-refractivity contribution is 6.63. The number of aromatic nitrogens is 1. The molecule has 0 aliphatic heterocycles. The number of rotatable bonds is 3. The molecule has 1 heterocycles. The van der Waals surface area contributed by atoms with Crippen molar-refractivity contribution in [1.82, 2.24) is 5.16 Å². The fourth-order valence-corrected chi connectivity index (χ4v) is 0.878. The van der Waals surface area contributed by atoms with Gasteiger partial charge in [0.15, 0.2) is 5.15 Å². The zero-order chi connectivity index (χ0) is 8.27. The molecule has 0 fully saturated rings. The lowest BCUT2D eigenvalue weighted by molar-refractivity contribution is -0.111. The Hall–Kier alpha value is -0.540. The van der Waals surface area contributed by atoms with Crippen molar-refractivity contribution < 1.29 is 9.32 Å². The zero-order valence-corrected chi connectivity index (χ0v) is 7.02. The van der Waals surface area contributed by atoms with Crippen molar-refractivity contribution >= 4 is 28.4 Å². The smallest absolute Gasteiger partial charge is 0.222 e. The summed E-state index contributed by atoms with van der Waals surface area (Å²) in [6.45, 7) is 0. The van der Waals surface area contributed by atoms with Crippen LogP contribution in [-0.2, 0) is 11.2 Å². The topological polar surface area (TPSA) is 43.1 Å². The fraction of sp³-hybridized carbons (Fsp3) is 0.333. The molecule has 11 heavy (non-hydrogen) atoms. The van der Waals surface area contributed by atoms with Crippen LogP contribution in [0.15, 0.2) is 10.6 Å². The summed E-state index contributed by atoms with van der Waals surface area (Å²) in [6.07, 6.45) is 0.690. The Kier molecular flexibility index (Phi) is 2.91. The number of nitrogens with zero attached hydrogens (tertiary/aromatic N) is 1. The molecule has 0 N–H and O–H groups in total. The summed E-state index contributed by atoms with van der Waals surface area (Å²) in [4.78, 5) is 10.3. The van der Waals surface area contributed by atoms with Crippen LogP contribution < -0.4 is 0 Å². The van der Waals surface area contributed by atoms with E-state index in [0.717, 1.165) is 0 Å². The van der Waals surface area contributed by atoms with Crippen molar-refractivity contribution in [3.8, 4) is 0 Å². The molecule has 0 amide bonds. The maximum Gasteiger partial charge on any atom is 0.222 e. The summed E-state index contributed by atoms with van der Waals surface area (Å²) < 4.78 is 4.72. The molecule has 0 aliphatic rings. The maximum absolute atomic E-state index is 10.3. The van der Waals surface area contributed by atoms with Crippen LogP contribution in [0.2, 0.25) is 5.15 Å². The number of carbonyl (C=O) groups is 1. The van der Waals surface area contributed by atoms with E-state index < -0.39 is 5.24 Å². The number of hydrogen-bond donors (Lipinski definition) is 0. The second-order valence-corrected chi connectivity index (χ2v) is 2.78. The van der Waals surface area contributed by atoms with Gasteiger partial charge >= 0.3 is 0 Å². The Morgan fingerprint density at radius 1 is 1.73 bits per heavy atom. The molecular weight excluding hydrogens is 189 g/mol. The van der Waals surface area contributed by atoms with Crippen LogP contribution in [-0.4, -0.2) is 10.4 Å². The molecule has 1 rings (SSSR count). The summed E-state index contributed by atoms with van der Waals surface area (Å²) in [5.74, 6) is 0.573. The Labute approximate surface area is 73.3 Å². The van der Waals surface area contributed by atoms with Crippen LogP contribution in [0, 0.1) is 0 Å². The SMILES string of the molecule is O=C(Cl)CCc1cc(Cl)no1. The van der Waals surface area contributed by atoms with Gasteiger partial charge in [-0.15, -0.1) is 0 Å². The standard InChI is InChI=1S/C6H5Cl2NO2/c7-5-3-4(11-9-5)1-2-6(8)10/h3H,1-2H2. The summed E-state index contributed by atoms with van der Waals surface area (Å²) in [5.41, 5.74) is 0. The van der Waals surface area contributed by atoms with Crippen LogP contribution in [0.3, 0.4) is 0 Å². The van der Waals surface area contributed by atoms with Gasteiger partial charge in [-0.2, -0.15) is 0 Å². The molecule has 0 radical (unpaired) electrons. The second kappa shape index (κ2) is 3.74. The van der Waals surface area contributed by atoms with Crippen molar-refractivity contribution in [3.05, 3.63) is 17.0 Å². The van der Waals surface area contributed by atoms with Gasteiger partial charge in [-0.05, 0) is 11.6 Å². The summed E-state index contributed by atoms with van der Waals surface area (Å²) in [5, 5.41) is 3.33. The van der Waals surface area contributed by atoms with Crippen molar-refractivity contribution in [2.45, 2.75) is 12.8 Å². The van der Waals surface area contributed by atoms with Gasteiger partial charge in [0, 0.05) is 18.9 Å². The van der Waals surface area contributed by atoms with E-state index in [2.05, 4.69) is 5.16 Å². The van der Waals surface area contributed by atoms with Crippen molar-refractivity contribution in [1.29, 1.82) is 0 Å². The first kappa shape index (κ1) is 8.56. The largest absolute Gasteiger partial charge is 0.360 e. The lowest BCUT2D eigenvalue weighted by atomic mass is 10.3. The predicted molar refractivity (Wildman–Crippen MR) is 40.7 cm³/mol. The fourth-order valence-electron chi connectivity index (χ4n) is 0.627. The Morgan fingerprint density at radius 2 is 2.45 bits per heavy atom. The monoisotopic (exact) mass is 193 g/mol.